The molecule has 0 radical (unpaired) electrons. The van der Waals surface area contributed by atoms with Gasteiger partial charge in [-0.15, -0.1) is 0 Å². The van der Waals surface area contributed by atoms with Crippen LogP contribution in [0.3, 0.4) is 0 Å². The van der Waals surface area contributed by atoms with Gasteiger partial charge in [-0.25, -0.2) is 0 Å². The Morgan fingerprint density at radius 2 is 1.88 bits per heavy atom. The Balaban J connectivity index is 2.47. The van der Waals surface area contributed by atoms with Crippen LogP contribution in [0, 0.1) is 0 Å². The van der Waals surface area contributed by atoms with Crippen molar-refractivity contribution in [2.75, 3.05) is 6.61 Å². The van der Waals surface area contributed by atoms with Crippen molar-refractivity contribution in [3.05, 3.63) is 29.8 Å². The molecule has 1 rings (SSSR count). The standard InChI is InChI=1S/C11H12F3NO2/c1-8(16)15-6-9-2-4-10(5-3-9)17-7-11(12,13)14/h2-5H,6-7H2,1H3,(H,15,16). The summed E-state index contributed by atoms with van der Waals surface area (Å²) in [5.41, 5.74) is 0.791. The van der Waals surface area contributed by atoms with E-state index >= 15 is 0 Å². The summed E-state index contributed by atoms with van der Waals surface area (Å²) < 4.78 is 40.1. The molecule has 6 heteroatoms. The molecule has 0 heterocycles. The number of carbonyl (C=O) groups is 1. The van der Waals surface area contributed by atoms with Gasteiger partial charge in [0.25, 0.3) is 0 Å². The highest BCUT2D eigenvalue weighted by atomic mass is 19.4. The smallest absolute Gasteiger partial charge is 0.422 e. The molecule has 0 bridgehead atoms. The van der Waals surface area contributed by atoms with Crippen LogP contribution >= 0.6 is 0 Å². The molecule has 0 saturated carbocycles. The highest BCUT2D eigenvalue weighted by Crippen LogP contribution is 2.18. The Kier molecular flexibility index (Phi) is 4.37. The largest absolute Gasteiger partial charge is 0.484 e. The van der Waals surface area contributed by atoms with Crippen LogP contribution in [0.1, 0.15) is 12.5 Å². The predicted octanol–water partition coefficient (Wildman–Crippen LogP) is 2.26. The number of amides is 1. The summed E-state index contributed by atoms with van der Waals surface area (Å²) in [6.07, 6.45) is -4.34. The van der Waals surface area contributed by atoms with E-state index in [0.717, 1.165) is 5.56 Å². The summed E-state index contributed by atoms with van der Waals surface area (Å²) >= 11 is 0. The van der Waals surface area contributed by atoms with Crippen molar-refractivity contribution in [3.8, 4) is 5.75 Å². The Labute approximate surface area is 96.6 Å². The number of hydrogen-bond acceptors (Lipinski definition) is 2. The van der Waals surface area contributed by atoms with Gasteiger partial charge in [0.15, 0.2) is 6.61 Å². The Bertz CT molecular complexity index is 373. The molecule has 3 nitrogen and oxygen atoms in total. The molecule has 0 fully saturated rings. The van der Waals surface area contributed by atoms with Crippen LogP contribution in [0.2, 0.25) is 0 Å². The lowest BCUT2D eigenvalue weighted by Gasteiger charge is -2.09. The normalized spacial score (nSPS) is 11.1. The van der Waals surface area contributed by atoms with Crippen molar-refractivity contribution in [2.45, 2.75) is 19.6 Å². The Morgan fingerprint density at radius 1 is 1.29 bits per heavy atom. The third kappa shape index (κ3) is 5.79. The lowest BCUT2D eigenvalue weighted by Crippen LogP contribution is -2.19. The van der Waals surface area contributed by atoms with Gasteiger partial charge < -0.3 is 10.1 Å². The van der Waals surface area contributed by atoms with Gasteiger partial charge >= 0.3 is 6.18 Å². The second kappa shape index (κ2) is 5.56. The molecule has 94 valence electrons. The topological polar surface area (TPSA) is 38.3 Å². The summed E-state index contributed by atoms with van der Waals surface area (Å²) in [7, 11) is 0. The molecule has 17 heavy (non-hydrogen) atoms. The fourth-order valence-electron chi connectivity index (χ4n) is 1.10. The minimum Gasteiger partial charge on any atom is -0.484 e. The van der Waals surface area contributed by atoms with Crippen LogP contribution in [-0.4, -0.2) is 18.7 Å². The molecule has 0 spiro atoms. The number of halogens is 3. The summed E-state index contributed by atoms with van der Waals surface area (Å²) in [6.45, 7) is 0.424. The summed E-state index contributed by atoms with van der Waals surface area (Å²) in [6, 6.07) is 6.06. The summed E-state index contributed by atoms with van der Waals surface area (Å²) in [4.78, 5) is 10.6. The molecule has 1 aromatic carbocycles. The van der Waals surface area contributed by atoms with Gasteiger partial charge in [-0.1, -0.05) is 12.1 Å². The predicted molar refractivity (Wildman–Crippen MR) is 55.5 cm³/mol. The van der Waals surface area contributed by atoms with Crippen molar-refractivity contribution in [3.63, 3.8) is 0 Å². The van der Waals surface area contributed by atoms with Crippen molar-refractivity contribution >= 4 is 5.91 Å². The minimum absolute atomic E-state index is 0.147. The number of carbonyl (C=O) groups excluding carboxylic acids is 1. The van der Waals surface area contributed by atoms with Crippen LogP contribution in [0.25, 0.3) is 0 Å². The van der Waals surface area contributed by atoms with Crippen LogP contribution in [-0.2, 0) is 11.3 Å². The average Bonchev–Trinajstić information content (AvgIpc) is 2.24. The molecule has 0 unspecified atom stereocenters. The zero-order valence-electron chi connectivity index (χ0n) is 9.17. The quantitative estimate of drug-likeness (QED) is 0.886. The Morgan fingerprint density at radius 3 is 2.35 bits per heavy atom. The lowest BCUT2D eigenvalue weighted by molar-refractivity contribution is -0.153. The van der Waals surface area contributed by atoms with E-state index in [-0.39, 0.29) is 11.7 Å². The van der Waals surface area contributed by atoms with E-state index in [2.05, 4.69) is 10.1 Å². The van der Waals surface area contributed by atoms with Crippen molar-refractivity contribution < 1.29 is 22.7 Å². The maximum atomic E-state index is 11.9. The molecule has 0 saturated heterocycles. The van der Waals surface area contributed by atoms with Crippen LogP contribution < -0.4 is 10.1 Å². The van der Waals surface area contributed by atoms with Crippen molar-refractivity contribution in [1.82, 2.24) is 5.32 Å². The molecular formula is C11H12F3NO2. The fourth-order valence-corrected chi connectivity index (χ4v) is 1.10. The first-order chi connectivity index (χ1) is 7.87. The van der Waals surface area contributed by atoms with Crippen LogP contribution in [0.5, 0.6) is 5.75 Å². The average molecular weight is 247 g/mol. The second-order valence-electron chi connectivity index (χ2n) is 3.46. The van der Waals surface area contributed by atoms with Crippen molar-refractivity contribution in [2.24, 2.45) is 0 Å². The lowest BCUT2D eigenvalue weighted by atomic mass is 10.2. The number of nitrogens with one attached hydrogen (secondary N) is 1. The number of rotatable bonds is 4. The number of alkyl halides is 3. The highest BCUT2D eigenvalue weighted by molar-refractivity contribution is 5.72. The molecule has 0 atom stereocenters. The van der Waals surface area contributed by atoms with Gasteiger partial charge in [-0.3, -0.25) is 4.79 Å². The zero-order valence-corrected chi connectivity index (χ0v) is 9.17. The minimum atomic E-state index is -4.34. The van der Waals surface area contributed by atoms with Gasteiger partial charge in [0.1, 0.15) is 5.75 Å². The maximum Gasteiger partial charge on any atom is 0.422 e. The number of benzene rings is 1. The van der Waals surface area contributed by atoms with Gasteiger partial charge in [-0.2, -0.15) is 13.2 Å². The van der Waals surface area contributed by atoms with E-state index in [0.29, 0.717) is 6.54 Å². The fraction of sp³-hybridized carbons (Fsp3) is 0.364. The van der Waals surface area contributed by atoms with Gasteiger partial charge in [0.2, 0.25) is 5.91 Å². The van der Waals surface area contributed by atoms with Crippen molar-refractivity contribution in [1.29, 1.82) is 0 Å². The van der Waals surface area contributed by atoms with E-state index < -0.39 is 12.8 Å². The Hall–Kier alpha value is -1.72. The molecule has 1 aromatic rings. The summed E-state index contributed by atoms with van der Waals surface area (Å²) in [5, 5.41) is 2.58. The summed E-state index contributed by atoms with van der Waals surface area (Å²) in [5.74, 6) is -0.0173. The van der Waals surface area contributed by atoms with Gasteiger partial charge in [0.05, 0.1) is 0 Å². The van der Waals surface area contributed by atoms with E-state index in [1.54, 1.807) is 12.1 Å². The van der Waals surface area contributed by atoms with E-state index in [1.165, 1.54) is 19.1 Å². The van der Waals surface area contributed by atoms with E-state index in [1.807, 2.05) is 0 Å². The molecule has 0 aliphatic carbocycles. The molecule has 0 aliphatic heterocycles. The monoisotopic (exact) mass is 247 g/mol. The van der Waals surface area contributed by atoms with Gasteiger partial charge in [0, 0.05) is 13.5 Å². The van der Waals surface area contributed by atoms with Crippen LogP contribution in [0.15, 0.2) is 24.3 Å². The maximum absolute atomic E-state index is 11.9. The van der Waals surface area contributed by atoms with Crippen LogP contribution in [0.4, 0.5) is 13.2 Å². The number of ether oxygens (including phenoxy) is 1. The molecule has 1 N–H and O–H groups in total. The third-order valence-electron chi connectivity index (χ3n) is 1.87. The molecule has 0 aromatic heterocycles. The first-order valence-corrected chi connectivity index (χ1v) is 4.90. The third-order valence-corrected chi connectivity index (χ3v) is 1.87. The van der Waals surface area contributed by atoms with Gasteiger partial charge in [-0.05, 0) is 17.7 Å². The molecule has 0 aliphatic rings. The first-order valence-electron chi connectivity index (χ1n) is 4.90. The van der Waals surface area contributed by atoms with E-state index in [4.69, 9.17) is 0 Å². The SMILES string of the molecule is CC(=O)NCc1ccc(OCC(F)(F)F)cc1. The molecular weight excluding hydrogens is 235 g/mol. The van der Waals surface area contributed by atoms with E-state index in [9.17, 15) is 18.0 Å². The second-order valence-corrected chi connectivity index (χ2v) is 3.46. The number of hydrogen-bond donors (Lipinski definition) is 1. The first kappa shape index (κ1) is 13.3. The zero-order chi connectivity index (χ0) is 12.9. The molecule has 1 amide bonds. The highest BCUT2D eigenvalue weighted by Gasteiger charge is 2.28.